The van der Waals surface area contributed by atoms with Gasteiger partial charge in [0.15, 0.2) is 5.78 Å². The van der Waals surface area contributed by atoms with Gasteiger partial charge in [-0.25, -0.2) is 4.79 Å². The largest absolute Gasteiger partial charge is 0.494 e. The monoisotopic (exact) mass is 279 g/mol. The van der Waals surface area contributed by atoms with Crippen LogP contribution in [-0.4, -0.2) is 38.5 Å². The third-order valence-electron chi connectivity index (χ3n) is 3.59. The van der Waals surface area contributed by atoms with Gasteiger partial charge >= 0.3 is 5.69 Å². The number of carbonyl (C=O) groups excluding carboxylic acids is 1. The molecule has 0 saturated heterocycles. The van der Waals surface area contributed by atoms with E-state index in [1.54, 1.807) is 0 Å². The van der Waals surface area contributed by atoms with Crippen LogP contribution in [0.25, 0.3) is 0 Å². The Bertz CT molecular complexity index is 712. The molecule has 0 aromatic carbocycles. The van der Waals surface area contributed by atoms with Crippen molar-refractivity contribution in [3.63, 3.8) is 0 Å². The lowest BCUT2D eigenvalue weighted by molar-refractivity contribution is 0.0979. The van der Waals surface area contributed by atoms with E-state index in [1.165, 1.54) is 14.1 Å². The standard InChI is InChI=1S/C13H17N3O4/c1-14-6-4-5-8(14)7-9(17)10-11(18)15(2)13(20)16(3)12(10)19/h5,18H,4,6-7H2,1-3H3. The van der Waals surface area contributed by atoms with E-state index in [1.807, 2.05) is 18.0 Å². The van der Waals surface area contributed by atoms with Crippen molar-refractivity contribution in [1.82, 2.24) is 14.0 Å². The van der Waals surface area contributed by atoms with Gasteiger partial charge in [0.1, 0.15) is 5.56 Å². The van der Waals surface area contributed by atoms with Crippen molar-refractivity contribution in [3.8, 4) is 5.88 Å². The molecule has 1 aromatic heterocycles. The zero-order valence-electron chi connectivity index (χ0n) is 11.7. The average Bonchev–Trinajstić information content (AvgIpc) is 2.80. The predicted molar refractivity (Wildman–Crippen MR) is 72.9 cm³/mol. The Morgan fingerprint density at radius 2 is 1.90 bits per heavy atom. The molecular formula is C13H17N3O4. The second-order valence-corrected chi connectivity index (χ2v) is 4.91. The summed E-state index contributed by atoms with van der Waals surface area (Å²) in [5.74, 6) is -1.07. The SMILES string of the molecule is CN1CCC=C1CC(=O)c1c(O)n(C)c(=O)n(C)c1=O. The fourth-order valence-electron chi connectivity index (χ4n) is 2.26. The third-order valence-corrected chi connectivity index (χ3v) is 3.59. The highest BCUT2D eigenvalue weighted by Crippen LogP contribution is 2.20. The lowest BCUT2D eigenvalue weighted by atomic mass is 10.1. The first-order chi connectivity index (χ1) is 9.34. The molecule has 0 radical (unpaired) electrons. The molecule has 7 nitrogen and oxygen atoms in total. The minimum atomic E-state index is -0.767. The number of allylic oxidation sites excluding steroid dienone is 1. The van der Waals surface area contributed by atoms with Crippen LogP contribution in [0.4, 0.5) is 0 Å². The van der Waals surface area contributed by atoms with Gasteiger partial charge in [0, 0.05) is 33.4 Å². The number of hydrogen-bond donors (Lipinski definition) is 1. The van der Waals surface area contributed by atoms with Gasteiger partial charge in [-0.05, 0) is 6.42 Å². The Morgan fingerprint density at radius 3 is 2.45 bits per heavy atom. The molecule has 0 fully saturated rings. The summed E-state index contributed by atoms with van der Waals surface area (Å²) in [6.45, 7) is 0.833. The summed E-state index contributed by atoms with van der Waals surface area (Å²) >= 11 is 0. The van der Waals surface area contributed by atoms with Crippen LogP contribution in [0, 0.1) is 0 Å². The fourth-order valence-corrected chi connectivity index (χ4v) is 2.26. The van der Waals surface area contributed by atoms with E-state index < -0.39 is 22.9 Å². The predicted octanol–water partition coefficient (Wildman–Crippen LogP) is -0.418. The molecule has 2 heterocycles. The molecule has 2 rings (SSSR count). The molecule has 1 N–H and O–H groups in total. The van der Waals surface area contributed by atoms with Crippen molar-refractivity contribution in [2.45, 2.75) is 12.8 Å². The number of nitrogens with zero attached hydrogens (tertiary/aromatic N) is 3. The summed E-state index contributed by atoms with van der Waals surface area (Å²) in [6, 6.07) is 0. The van der Waals surface area contributed by atoms with E-state index in [-0.39, 0.29) is 12.0 Å². The van der Waals surface area contributed by atoms with Crippen LogP contribution in [0.5, 0.6) is 5.88 Å². The zero-order chi connectivity index (χ0) is 15.0. The molecule has 0 aliphatic carbocycles. The third kappa shape index (κ3) is 2.15. The minimum absolute atomic E-state index is 0.0392. The van der Waals surface area contributed by atoms with E-state index in [9.17, 15) is 19.5 Å². The smallest absolute Gasteiger partial charge is 0.333 e. The Balaban J connectivity index is 2.46. The number of carbonyl (C=O) groups is 1. The first kappa shape index (κ1) is 14.1. The van der Waals surface area contributed by atoms with Gasteiger partial charge in [-0.1, -0.05) is 6.08 Å². The van der Waals surface area contributed by atoms with Crippen LogP contribution >= 0.6 is 0 Å². The summed E-state index contributed by atoms with van der Waals surface area (Å²) in [5.41, 5.74) is -0.945. The quantitative estimate of drug-likeness (QED) is 0.760. The molecule has 0 amide bonds. The van der Waals surface area contributed by atoms with E-state index in [0.717, 1.165) is 27.8 Å². The molecule has 0 bridgehead atoms. The maximum absolute atomic E-state index is 12.2. The number of rotatable bonds is 3. The highest BCUT2D eigenvalue weighted by molar-refractivity contribution is 5.99. The molecule has 7 heteroatoms. The summed E-state index contributed by atoms with van der Waals surface area (Å²) in [4.78, 5) is 37.8. The lowest BCUT2D eigenvalue weighted by Gasteiger charge is -2.16. The fraction of sp³-hybridized carbons (Fsp3) is 0.462. The summed E-state index contributed by atoms with van der Waals surface area (Å²) in [5, 5.41) is 9.89. The van der Waals surface area contributed by atoms with E-state index in [0.29, 0.717) is 0 Å². The van der Waals surface area contributed by atoms with Gasteiger partial charge in [-0.2, -0.15) is 0 Å². The molecule has 20 heavy (non-hydrogen) atoms. The molecule has 108 valence electrons. The Morgan fingerprint density at radius 1 is 1.25 bits per heavy atom. The van der Waals surface area contributed by atoms with Gasteiger partial charge in [-0.3, -0.25) is 18.7 Å². The maximum atomic E-state index is 12.2. The Hall–Kier alpha value is -2.31. The van der Waals surface area contributed by atoms with E-state index >= 15 is 0 Å². The van der Waals surface area contributed by atoms with Crippen LogP contribution in [0.1, 0.15) is 23.2 Å². The Kier molecular flexibility index (Phi) is 3.52. The second-order valence-electron chi connectivity index (χ2n) is 4.91. The van der Waals surface area contributed by atoms with Crippen LogP contribution in [0.2, 0.25) is 0 Å². The van der Waals surface area contributed by atoms with Crippen molar-refractivity contribution in [2.24, 2.45) is 14.1 Å². The molecule has 0 atom stereocenters. The second kappa shape index (κ2) is 4.99. The minimum Gasteiger partial charge on any atom is -0.494 e. The topological polar surface area (TPSA) is 84.5 Å². The van der Waals surface area contributed by atoms with Crippen molar-refractivity contribution in [1.29, 1.82) is 0 Å². The van der Waals surface area contributed by atoms with Crippen LogP contribution in [0.3, 0.4) is 0 Å². The number of hydrogen-bond acceptors (Lipinski definition) is 5. The van der Waals surface area contributed by atoms with Crippen LogP contribution in [0.15, 0.2) is 21.4 Å². The molecule has 0 spiro atoms. The Labute approximate surface area is 115 Å². The van der Waals surface area contributed by atoms with Gasteiger partial charge in [-0.15, -0.1) is 0 Å². The normalized spacial score (nSPS) is 14.6. The highest BCUT2D eigenvalue weighted by atomic mass is 16.3. The van der Waals surface area contributed by atoms with Crippen LogP contribution < -0.4 is 11.2 Å². The summed E-state index contributed by atoms with van der Waals surface area (Å²) < 4.78 is 1.71. The molecule has 1 aromatic rings. The summed E-state index contributed by atoms with van der Waals surface area (Å²) in [6.07, 6.45) is 2.83. The summed E-state index contributed by atoms with van der Waals surface area (Å²) in [7, 11) is 4.46. The molecule has 1 aliphatic heterocycles. The number of aromatic hydroxyl groups is 1. The molecule has 0 saturated carbocycles. The van der Waals surface area contributed by atoms with Gasteiger partial charge in [0.25, 0.3) is 5.56 Å². The zero-order valence-corrected chi connectivity index (χ0v) is 11.7. The average molecular weight is 279 g/mol. The van der Waals surface area contributed by atoms with Crippen molar-refractivity contribution < 1.29 is 9.90 Å². The van der Waals surface area contributed by atoms with Crippen molar-refractivity contribution >= 4 is 5.78 Å². The van der Waals surface area contributed by atoms with Crippen molar-refractivity contribution in [2.75, 3.05) is 13.6 Å². The maximum Gasteiger partial charge on any atom is 0.333 e. The van der Waals surface area contributed by atoms with E-state index in [2.05, 4.69) is 0 Å². The van der Waals surface area contributed by atoms with Gasteiger partial charge < -0.3 is 10.0 Å². The van der Waals surface area contributed by atoms with E-state index in [4.69, 9.17) is 0 Å². The van der Waals surface area contributed by atoms with Gasteiger partial charge in [0.2, 0.25) is 5.88 Å². The number of Topliss-reactive ketones (excluding diaryl/α,β-unsaturated/α-hetero) is 1. The van der Waals surface area contributed by atoms with Crippen molar-refractivity contribution in [3.05, 3.63) is 38.2 Å². The number of ketones is 1. The molecular weight excluding hydrogens is 262 g/mol. The first-order valence-electron chi connectivity index (χ1n) is 6.27. The number of aromatic nitrogens is 2. The molecule has 1 aliphatic rings. The van der Waals surface area contributed by atoms with Gasteiger partial charge in [0.05, 0.1) is 6.42 Å². The lowest BCUT2D eigenvalue weighted by Crippen LogP contribution is -2.40. The highest BCUT2D eigenvalue weighted by Gasteiger charge is 2.24. The first-order valence-corrected chi connectivity index (χ1v) is 6.27. The molecule has 0 unspecified atom stereocenters. The van der Waals surface area contributed by atoms with Crippen LogP contribution in [-0.2, 0) is 14.1 Å².